The molecule has 0 bridgehead atoms. The first-order chi connectivity index (χ1) is 12.8. The lowest BCUT2D eigenvalue weighted by atomic mass is 10.3. The Bertz CT molecular complexity index is 866. The molecule has 4 rings (SSSR count). The SMILES string of the molecule is Cc1[nH]cnc1C[P+](c1ccccc1)(c1ccccc1)c1ccccc1. The van der Waals surface area contributed by atoms with Crippen molar-refractivity contribution >= 4 is 23.2 Å². The normalized spacial score (nSPS) is 11.4. The summed E-state index contributed by atoms with van der Waals surface area (Å²) in [7, 11) is -1.85. The van der Waals surface area contributed by atoms with Gasteiger partial charge in [-0.25, -0.2) is 4.98 Å². The van der Waals surface area contributed by atoms with Gasteiger partial charge in [0.2, 0.25) is 0 Å². The molecule has 3 aromatic carbocycles. The van der Waals surface area contributed by atoms with Gasteiger partial charge in [0, 0.05) is 5.69 Å². The van der Waals surface area contributed by atoms with E-state index in [0.717, 1.165) is 17.5 Å². The average Bonchev–Trinajstić information content (AvgIpc) is 3.12. The summed E-state index contributed by atoms with van der Waals surface area (Å²) in [5.74, 6) is 0. The van der Waals surface area contributed by atoms with E-state index >= 15 is 0 Å². The molecule has 0 saturated heterocycles. The molecule has 0 saturated carbocycles. The molecule has 128 valence electrons. The van der Waals surface area contributed by atoms with Crippen LogP contribution in [0, 0.1) is 6.92 Å². The maximum atomic E-state index is 4.65. The van der Waals surface area contributed by atoms with Crippen LogP contribution in [-0.4, -0.2) is 9.97 Å². The number of imidazole rings is 1. The van der Waals surface area contributed by atoms with Gasteiger partial charge in [-0.05, 0) is 43.3 Å². The van der Waals surface area contributed by atoms with E-state index in [2.05, 4.69) is 108 Å². The van der Waals surface area contributed by atoms with Gasteiger partial charge in [0.05, 0.1) is 12.0 Å². The van der Waals surface area contributed by atoms with Crippen molar-refractivity contribution in [2.24, 2.45) is 0 Å². The second kappa shape index (κ2) is 7.27. The van der Waals surface area contributed by atoms with E-state index in [0.29, 0.717) is 0 Å². The molecule has 3 heteroatoms. The first-order valence-electron chi connectivity index (χ1n) is 8.84. The van der Waals surface area contributed by atoms with E-state index in [-0.39, 0.29) is 0 Å². The minimum absolute atomic E-state index is 0.917. The van der Waals surface area contributed by atoms with Gasteiger partial charge in [-0.3, -0.25) is 0 Å². The summed E-state index contributed by atoms with van der Waals surface area (Å²) in [5, 5.41) is 4.17. The fraction of sp³-hybridized carbons (Fsp3) is 0.0870. The van der Waals surface area contributed by atoms with Crippen LogP contribution in [0.2, 0.25) is 0 Å². The van der Waals surface area contributed by atoms with Crippen LogP contribution in [0.3, 0.4) is 0 Å². The summed E-state index contributed by atoms with van der Waals surface area (Å²) in [6.45, 7) is 2.11. The van der Waals surface area contributed by atoms with Crippen molar-refractivity contribution < 1.29 is 0 Å². The Hall–Kier alpha value is -2.70. The monoisotopic (exact) mass is 357 g/mol. The number of aryl methyl sites for hydroxylation is 1. The van der Waals surface area contributed by atoms with Gasteiger partial charge in [-0.2, -0.15) is 0 Å². The Morgan fingerprint density at radius 2 is 1.12 bits per heavy atom. The van der Waals surface area contributed by atoms with Gasteiger partial charge in [-0.15, -0.1) is 0 Å². The number of hydrogen-bond donors (Lipinski definition) is 1. The zero-order chi connectivity index (χ0) is 17.8. The summed E-state index contributed by atoms with van der Waals surface area (Å²) >= 11 is 0. The van der Waals surface area contributed by atoms with Gasteiger partial charge < -0.3 is 4.98 Å². The highest BCUT2D eigenvalue weighted by atomic mass is 31.2. The molecule has 0 aliphatic heterocycles. The van der Waals surface area contributed by atoms with Gasteiger partial charge in [-0.1, -0.05) is 54.6 Å². The molecule has 2 nitrogen and oxygen atoms in total. The van der Waals surface area contributed by atoms with E-state index in [1.165, 1.54) is 15.9 Å². The molecule has 1 aromatic heterocycles. The number of aromatic amines is 1. The minimum Gasteiger partial charge on any atom is -0.348 e. The number of benzene rings is 3. The highest BCUT2D eigenvalue weighted by molar-refractivity contribution is 7.95. The number of H-pyrrole nitrogens is 1. The molecule has 0 atom stereocenters. The van der Waals surface area contributed by atoms with Crippen molar-refractivity contribution in [1.29, 1.82) is 0 Å². The molecule has 0 spiro atoms. The molecular formula is C23H22N2P+. The topological polar surface area (TPSA) is 28.7 Å². The summed E-state index contributed by atoms with van der Waals surface area (Å²) in [6.07, 6.45) is 2.72. The minimum atomic E-state index is -1.85. The predicted molar refractivity (Wildman–Crippen MR) is 112 cm³/mol. The molecule has 0 unspecified atom stereocenters. The van der Waals surface area contributed by atoms with Crippen LogP contribution in [0.15, 0.2) is 97.3 Å². The third-order valence-electron chi connectivity index (χ3n) is 4.91. The number of nitrogens with one attached hydrogen (secondary N) is 1. The van der Waals surface area contributed by atoms with Crippen LogP contribution in [0.4, 0.5) is 0 Å². The van der Waals surface area contributed by atoms with Crippen molar-refractivity contribution in [3.63, 3.8) is 0 Å². The lowest BCUT2D eigenvalue weighted by molar-refractivity contribution is 1.18. The highest BCUT2D eigenvalue weighted by Crippen LogP contribution is 2.58. The first-order valence-corrected chi connectivity index (χ1v) is 10.8. The Kier molecular flexibility index (Phi) is 4.69. The van der Waals surface area contributed by atoms with E-state index in [1.807, 2.05) is 0 Å². The van der Waals surface area contributed by atoms with Crippen LogP contribution in [0.1, 0.15) is 11.4 Å². The molecule has 0 aliphatic rings. The van der Waals surface area contributed by atoms with E-state index in [1.54, 1.807) is 6.33 Å². The number of nitrogens with zero attached hydrogens (tertiary/aromatic N) is 1. The molecule has 0 fully saturated rings. The zero-order valence-electron chi connectivity index (χ0n) is 14.8. The average molecular weight is 357 g/mol. The molecule has 4 aromatic rings. The van der Waals surface area contributed by atoms with E-state index < -0.39 is 7.26 Å². The van der Waals surface area contributed by atoms with Crippen LogP contribution in [0.25, 0.3) is 0 Å². The largest absolute Gasteiger partial charge is 0.348 e. The summed E-state index contributed by atoms with van der Waals surface area (Å²) in [6, 6.07) is 32.8. The fourth-order valence-corrected chi connectivity index (χ4v) is 7.79. The quantitative estimate of drug-likeness (QED) is 0.533. The van der Waals surface area contributed by atoms with Crippen molar-refractivity contribution in [1.82, 2.24) is 9.97 Å². The van der Waals surface area contributed by atoms with Gasteiger partial charge in [0.1, 0.15) is 29.3 Å². The lowest BCUT2D eigenvalue weighted by Crippen LogP contribution is -2.32. The van der Waals surface area contributed by atoms with Crippen molar-refractivity contribution in [3.05, 3.63) is 109 Å². The second-order valence-electron chi connectivity index (χ2n) is 6.45. The molecule has 26 heavy (non-hydrogen) atoms. The van der Waals surface area contributed by atoms with E-state index in [4.69, 9.17) is 0 Å². The maximum absolute atomic E-state index is 4.65. The summed E-state index contributed by atoms with van der Waals surface area (Å²) in [4.78, 5) is 7.90. The summed E-state index contributed by atoms with van der Waals surface area (Å²) in [5.41, 5.74) is 2.30. The summed E-state index contributed by atoms with van der Waals surface area (Å²) < 4.78 is 0. The number of rotatable bonds is 5. The van der Waals surface area contributed by atoms with Crippen LogP contribution < -0.4 is 15.9 Å². The van der Waals surface area contributed by atoms with Gasteiger partial charge in [0.25, 0.3) is 0 Å². The standard InChI is InChI=1S/C23H22N2P/c1-19-23(25-18-24-19)17-26(20-11-5-2-6-12-20,21-13-7-3-8-14-21)22-15-9-4-10-16-22/h2-16,18H,17H2,1H3,(H,24,25)/q+1. The smallest absolute Gasteiger partial charge is 0.118 e. The Balaban J connectivity index is 2.02. The zero-order valence-corrected chi connectivity index (χ0v) is 15.7. The molecule has 0 radical (unpaired) electrons. The maximum Gasteiger partial charge on any atom is 0.118 e. The van der Waals surface area contributed by atoms with Crippen LogP contribution in [0.5, 0.6) is 0 Å². The van der Waals surface area contributed by atoms with Crippen molar-refractivity contribution in [3.8, 4) is 0 Å². The van der Waals surface area contributed by atoms with Gasteiger partial charge >= 0.3 is 0 Å². The fourth-order valence-electron chi connectivity index (χ4n) is 3.54. The lowest BCUT2D eigenvalue weighted by Gasteiger charge is -2.27. The molecule has 1 N–H and O–H groups in total. The van der Waals surface area contributed by atoms with Crippen LogP contribution in [-0.2, 0) is 6.16 Å². The van der Waals surface area contributed by atoms with Gasteiger partial charge in [0.15, 0.2) is 0 Å². The first kappa shape index (κ1) is 16.8. The number of aromatic nitrogens is 2. The Morgan fingerprint density at radius 3 is 1.46 bits per heavy atom. The second-order valence-corrected chi connectivity index (χ2v) is 9.93. The molecular weight excluding hydrogens is 335 g/mol. The highest BCUT2D eigenvalue weighted by Gasteiger charge is 2.46. The Labute approximate surface area is 155 Å². The third-order valence-corrected chi connectivity index (χ3v) is 9.23. The van der Waals surface area contributed by atoms with E-state index in [9.17, 15) is 0 Å². The van der Waals surface area contributed by atoms with Crippen molar-refractivity contribution in [2.45, 2.75) is 13.1 Å². The predicted octanol–water partition coefficient (Wildman–Crippen LogP) is 4.21. The molecule has 1 heterocycles. The molecule has 0 aliphatic carbocycles. The van der Waals surface area contributed by atoms with Crippen molar-refractivity contribution in [2.75, 3.05) is 0 Å². The molecule has 0 amide bonds. The third kappa shape index (κ3) is 2.98. The Morgan fingerprint density at radius 1 is 0.692 bits per heavy atom. The number of hydrogen-bond acceptors (Lipinski definition) is 1. The van der Waals surface area contributed by atoms with Crippen LogP contribution >= 0.6 is 7.26 Å².